The van der Waals surface area contributed by atoms with E-state index in [0.717, 1.165) is 38.5 Å². The maximum absolute atomic E-state index is 15.4. The molecular formula is C38H44F8N6O2. The summed E-state index contributed by atoms with van der Waals surface area (Å²) >= 11 is 0. The van der Waals surface area contributed by atoms with E-state index in [0.29, 0.717) is 37.4 Å². The van der Waals surface area contributed by atoms with Crippen LogP contribution in [0.1, 0.15) is 68.8 Å². The van der Waals surface area contributed by atoms with E-state index in [-0.39, 0.29) is 28.9 Å². The van der Waals surface area contributed by atoms with Gasteiger partial charge in [-0.1, -0.05) is 39.0 Å². The zero-order valence-corrected chi connectivity index (χ0v) is 30.5. The third-order valence-electron chi connectivity index (χ3n) is 9.43. The molecule has 1 saturated heterocycles. The summed E-state index contributed by atoms with van der Waals surface area (Å²) in [6.07, 6.45) is -3.38. The van der Waals surface area contributed by atoms with E-state index in [1.165, 1.54) is 42.7 Å². The molecule has 2 aromatic carbocycles. The maximum Gasteiger partial charge on any atom is 0.433 e. The van der Waals surface area contributed by atoms with E-state index in [9.17, 15) is 36.2 Å². The number of alkyl halides is 6. The van der Waals surface area contributed by atoms with Gasteiger partial charge in [-0.3, -0.25) is 4.79 Å². The number of hydrazine groups is 1. The second kappa shape index (κ2) is 17.7. The summed E-state index contributed by atoms with van der Waals surface area (Å²) in [5.74, 6) is -3.81. The lowest BCUT2D eigenvalue weighted by atomic mass is 9.98. The van der Waals surface area contributed by atoms with Crippen molar-refractivity contribution in [3.8, 4) is 11.3 Å². The number of amides is 1. The van der Waals surface area contributed by atoms with Gasteiger partial charge >= 0.3 is 12.4 Å². The molecule has 0 bridgehead atoms. The third-order valence-corrected chi connectivity index (χ3v) is 9.43. The first-order chi connectivity index (χ1) is 25.3. The van der Waals surface area contributed by atoms with Crippen molar-refractivity contribution in [3.05, 3.63) is 101 Å². The van der Waals surface area contributed by atoms with Crippen LogP contribution in [-0.2, 0) is 30.1 Å². The Hall–Kier alpha value is -4.57. The molecule has 2 heterocycles. The molecule has 1 aliphatic rings. The molecule has 0 spiro atoms. The second-order valence-corrected chi connectivity index (χ2v) is 13.6. The number of hydrogen-bond acceptors (Lipinski definition) is 7. The fourth-order valence-corrected chi connectivity index (χ4v) is 6.44. The van der Waals surface area contributed by atoms with Crippen molar-refractivity contribution in [3.63, 3.8) is 0 Å². The van der Waals surface area contributed by atoms with Crippen molar-refractivity contribution in [2.75, 3.05) is 32.0 Å². The number of aryl methyl sites for hydroxylation is 1. The van der Waals surface area contributed by atoms with Crippen LogP contribution in [0.2, 0.25) is 0 Å². The smallest absolute Gasteiger partial charge is 0.433 e. The third kappa shape index (κ3) is 10.3. The number of piperidine rings is 1. The highest BCUT2D eigenvalue weighted by Crippen LogP contribution is 2.37. The molecule has 1 amide bonds. The van der Waals surface area contributed by atoms with Crippen molar-refractivity contribution in [1.82, 2.24) is 24.9 Å². The summed E-state index contributed by atoms with van der Waals surface area (Å²) in [5, 5.41) is 16.7. The molecule has 1 fully saturated rings. The predicted molar refractivity (Wildman–Crippen MR) is 189 cm³/mol. The van der Waals surface area contributed by atoms with Crippen LogP contribution < -0.4 is 5.32 Å². The highest BCUT2D eigenvalue weighted by molar-refractivity contribution is 6.05. The molecule has 1 aromatic heterocycles. The number of aromatic nitrogens is 2. The average Bonchev–Trinajstić information content (AvgIpc) is 3.12. The molecule has 0 radical (unpaired) electrons. The Morgan fingerprint density at radius 1 is 0.981 bits per heavy atom. The number of aliphatic hydroxyl groups excluding tert-OH is 1. The monoisotopic (exact) mass is 768 g/mol. The van der Waals surface area contributed by atoms with Gasteiger partial charge in [-0.2, -0.15) is 26.3 Å². The molecule has 0 aliphatic carbocycles. The van der Waals surface area contributed by atoms with Crippen LogP contribution in [0.5, 0.6) is 0 Å². The zero-order chi connectivity index (χ0) is 40.0. The number of nitrogens with zero attached hydrogens (tertiary/aromatic N) is 5. The number of benzene rings is 2. The molecule has 54 heavy (non-hydrogen) atoms. The number of likely N-dealkylation sites (N-methyl/N-ethyl adjacent to an activating group) is 1. The summed E-state index contributed by atoms with van der Waals surface area (Å²) in [5.41, 5.74) is -3.94. The quantitative estimate of drug-likeness (QED) is 0.0733. The molecule has 3 aromatic rings. The number of rotatable bonds is 14. The number of nitrogens with one attached hydrogen (secondary N) is 1. The fourth-order valence-electron chi connectivity index (χ4n) is 6.44. The molecule has 294 valence electrons. The van der Waals surface area contributed by atoms with Gasteiger partial charge in [0, 0.05) is 24.4 Å². The predicted octanol–water partition coefficient (Wildman–Crippen LogP) is 9.17. The minimum absolute atomic E-state index is 0.0210. The number of anilines is 1. The normalized spacial score (nSPS) is 15.3. The van der Waals surface area contributed by atoms with Gasteiger partial charge in [-0.15, -0.1) is 0 Å². The van der Waals surface area contributed by atoms with Gasteiger partial charge in [0.2, 0.25) is 0 Å². The van der Waals surface area contributed by atoms with Crippen LogP contribution >= 0.6 is 0 Å². The summed E-state index contributed by atoms with van der Waals surface area (Å²) in [6, 6.07) is 4.60. The van der Waals surface area contributed by atoms with Crippen molar-refractivity contribution in [2.45, 2.75) is 77.8 Å². The van der Waals surface area contributed by atoms with Crippen LogP contribution in [0.15, 0.2) is 66.8 Å². The van der Waals surface area contributed by atoms with Gasteiger partial charge in [-0.05, 0) is 88.0 Å². The number of halogens is 8. The van der Waals surface area contributed by atoms with Crippen molar-refractivity contribution >= 4 is 11.6 Å². The van der Waals surface area contributed by atoms with E-state index in [1.54, 1.807) is 19.9 Å². The molecule has 2 N–H and O–H groups in total. The lowest BCUT2D eigenvalue weighted by Gasteiger charge is -2.39. The first-order valence-corrected chi connectivity index (χ1v) is 17.4. The Bertz CT molecular complexity index is 1820. The molecule has 1 unspecified atom stereocenters. The molecule has 0 saturated carbocycles. The number of carbonyl (C=O) groups excluding carboxylic acids is 1. The lowest BCUT2D eigenvalue weighted by Crippen LogP contribution is -2.47. The first kappa shape index (κ1) is 42.2. The number of aliphatic hydroxyl groups is 1. The largest absolute Gasteiger partial charge is 0.510 e. The highest BCUT2D eigenvalue weighted by atomic mass is 19.4. The van der Waals surface area contributed by atoms with Crippen LogP contribution in [0.4, 0.5) is 40.8 Å². The van der Waals surface area contributed by atoms with Gasteiger partial charge in [0.25, 0.3) is 5.91 Å². The van der Waals surface area contributed by atoms with E-state index in [1.807, 2.05) is 0 Å². The molecule has 1 aliphatic heterocycles. The molecule has 8 nitrogen and oxygen atoms in total. The molecule has 1 atom stereocenters. The van der Waals surface area contributed by atoms with E-state index in [4.69, 9.17) is 0 Å². The Morgan fingerprint density at radius 3 is 2.24 bits per heavy atom. The Morgan fingerprint density at radius 2 is 1.63 bits per heavy atom. The maximum atomic E-state index is 15.4. The van der Waals surface area contributed by atoms with Gasteiger partial charge in [0.15, 0.2) is 11.6 Å². The Kier molecular flexibility index (Phi) is 13.8. The standard InChI is InChI=1S/C38H44F8N6O2/c1-6-52(21-26-13-12-25(32(39)33(26)40)11-10-18-51-16-8-7-9-17-51)50(5)34(23(2)3)35(53)24(4)36(54)49-29-15-14-27(37(41,42)43)19-28(29)30-20-31(38(44,45)46)48-22-47-30/h6,12-15,19-20,22-23,34,53H,1,7-11,16-18,21H2,2-5H3,(H,49,54)/b35-24-. The highest BCUT2D eigenvalue weighted by Gasteiger charge is 2.35. The Labute approximate surface area is 309 Å². The van der Waals surface area contributed by atoms with Crippen LogP contribution in [0.3, 0.4) is 0 Å². The number of hydrogen-bond donors (Lipinski definition) is 2. The molecule has 16 heteroatoms. The van der Waals surface area contributed by atoms with Gasteiger partial charge in [-0.25, -0.2) is 23.8 Å². The van der Waals surface area contributed by atoms with Crippen LogP contribution in [-0.4, -0.2) is 68.6 Å². The van der Waals surface area contributed by atoms with E-state index in [2.05, 4.69) is 26.8 Å². The van der Waals surface area contributed by atoms with E-state index >= 15 is 8.78 Å². The summed E-state index contributed by atoms with van der Waals surface area (Å²) < 4.78 is 112. The summed E-state index contributed by atoms with van der Waals surface area (Å²) in [7, 11) is 1.54. The summed E-state index contributed by atoms with van der Waals surface area (Å²) in [4.78, 5) is 22.7. The van der Waals surface area contributed by atoms with Gasteiger partial charge < -0.3 is 20.3 Å². The van der Waals surface area contributed by atoms with Crippen LogP contribution in [0, 0.1) is 17.6 Å². The molecular weight excluding hydrogens is 724 g/mol. The van der Waals surface area contributed by atoms with E-state index < -0.39 is 70.1 Å². The number of likely N-dealkylation sites (tertiary alicyclic amines) is 1. The Balaban J connectivity index is 1.56. The minimum atomic E-state index is -4.93. The van der Waals surface area contributed by atoms with Gasteiger partial charge in [0.05, 0.1) is 35.1 Å². The van der Waals surface area contributed by atoms with Crippen molar-refractivity contribution in [2.24, 2.45) is 5.92 Å². The number of carbonyl (C=O) groups is 1. The minimum Gasteiger partial charge on any atom is -0.510 e. The average molecular weight is 769 g/mol. The van der Waals surface area contributed by atoms with Crippen molar-refractivity contribution in [1.29, 1.82) is 0 Å². The topological polar surface area (TPSA) is 84.8 Å². The molecule has 4 rings (SSSR count). The van der Waals surface area contributed by atoms with Crippen molar-refractivity contribution < 1.29 is 45.0 Å². The lowest BCUT2D eigenvalue weighted by molar-refractivity contribution is -0.141. The first-order valence-electron chi connectivity index (χ1n) is 17.4. The fraction of sp³-hybridized carbons (Fsp3) is 0.447. The summed E-state index contributed by atoms with van der Waals surface area (Å²) in [6.45, 7) is 11.1. The SMILES string of the molecule is C=CN(Cc1ccc(CCCN2CCCCC2)c(F)c1F)N(C)C(/C(O)=C(\C)C(=O)Nc1ccc(C(F)(F)F)cc1-c1cc(C(F)(F)F)ncn1)C(C)C. The second-order valence-electron chi connectivity index (χ2n) is 13.6. The van der Waals surface area contributed by atoms with Gasteiger partial charge in [0.1, 0.15) is 17.8 Å². The zero-order valence-electron chi connectivity index (χ0n) is 30.5. The van der Waals surface area contributed by atoms with Crippen LogP contribution in [0.25, 0.3) is 11.3 Å².